The zero-order chi connectivity index (χ0) is 15.3. The standard InChI is InChI=1S/C16H17ClO3S/c1-13-4-10-16(11-5-13)21(18,19)20-12-2-3-14-6-8-15(17)9-7-14/h4-11H,2-3,12H2,1H3. The molecule has 5 heteroatoms. The molecule has 0 unspecified atom stereocenters. The first-order valence-electron chi connectivity index (χ1n) is 6.68. The average Bonchev–Trinajstić information content (AvgIpc) is 2.46. The molecule has 0 bridgehead atoms. The molecular weight excluding hydrogens is 308 g/mol. The van der Waals surface area contributed by atoms with Gasteiger partial charge in [-0.15, -0.1) is 0 Å². The van der Waals surface area contributed by atoms with Crippen molar-refractivity contribution in [2.24, 2.45) is 0 Å². The SMILES string of the molecule is Cc1ccc(S(=O)(=O)OCCCc2ccc(Cl)cc2)cc1. The monoisotopic (exact) mass is 324 g/mol. The first kappa shape index (κ1) is 16.0. The van der Waals surface area contributed by atoms with E-state index in [1.54, 1.807) is 24.3 Å². The Morgan fingerprint density at radius 2 is 1.62 bits per heavy atom. The number of benzene rings is 2. The van der Waals surface area contributed by atoms with E-state index in [0.717, 1.165) is 17.5 Å². The van der Waals surface area contributed by atoms with Gasteiger partial charge in [0, 0.05) is 5.02 Å². The van der Waals surface area contributed by atoms with Gasteiger partial charge in [-0.1, -0.05) is 41.4 Å². The first-order valence-corrected chi connectivity index (χ1v) is 8.46. The lowest BCUT2D eigenvalue weighted by Gasteiger charge is -2.06. The number of hydrogen-bond acceptors (Lipinski definition) is 3. The number of hydrogen-bond donors (Lipinski definition) is 0. The minimum Gasteiger partial charge on any atom is -0.266 e. The Hall–Kier alpha value is -1.36. The van der Waals surface area contributed by atoms with Crippen molar-refractivity contribution in [1.82, 2.24) is 0 Å². The van der Waals surface area contributed by atoms with E-state index in [4.69, 9.17) is 15.8 Å². The van der Waals surface area contributed by atoms with Gasteiger partial charge >= 0.3 is 0 Å². The van der Waals surface area contributed by atoms with E-state index in [9.17, 15) is 8.42 Å². The van der Waals surface area contributed by atoms with Crippen LogP contribution in [0, 0.1) is 6.92 Å². The summed E-state index contributed by atoms with van der Waals surface area (Å²) in [5.74, 6) is 0. The summed E-state index contributed by atoms with van der Waals surface area (Å²) in [6.45, 7) is 2.07. The molecule has 2 aromatic rings. The minimum absolute atomic E-state index is 0.166. The molecule has 0 saturated heterocycles. The fourth-order valence-corrected chi connectivity index (χ4v) is 2.94. The zero-order valence-electron chi connectivity index (χ0n) is 11.8. The van der Waals surface area contributed by atoms with E-state index < -0.39 is 10.1 Å². The fourth-order valence-electron chi connectivity index (χ4n) is 1.87. The van der Waals surface area contributed by atoms with Crippen molar-refractivity contribution in [3.05, 3.63) is 64.7 Å². The summed E-state index contributed by atoms with van der Waals surface area (Å²) in [6, 6.07) is 14.1. The minimum atomic E-state index is -3.66. The molecule has 0 aliphatic heterocycles. The summed E-state index contributed by atoms with van der Waals surface area (Å²) in [7, 11) is -3.66. The first-order chi connectivity index (χ1) is 9.97. The molecular formula is C16H17ClO3S. The third-order valence-corrected chi connectivity index (χ3v) is 4.65. The van der Waals surface area contributed by atoms with Crippen molar-refractivity contribution < 1.29 is 12.6 Å². The Balaban J connectivity index is 1.85. The molecule has 0 amide bonds. The van der Waals surface area contributed by atoms with Gasteiger partial charge in [0.2, 0.25) is 0 Å². The van der Waals surface area contributed by atoms with Crippen LogP contribution in [0.2, 0.25) is 5.02 Å². The quantitative estimate of drug-likeness (QED) is 0.596. The predicted molar refractivity (Wildman–Crippen MR) is 84.1 cm³/mol. The second kappa shape index (κ2) is 7.07. The maximum atomic E-state index is 12.0. The molecule has 0 heterocycles. The highest BCUT2D eigenvalue weighted by molar-refractivity contribution is 7.86. The van der Waals surface area contributed by atoms with Crippen LogP contribution >= 0.6 is 11.6 Å². The van der Waals surface area contributed by atoms with E-state index in [-0.39, 0.29) is 11.5 Å². The molecule has 0 spiro atoms. The van der Waals surface area contributed by atoms with Gasteiger partial charge in [-0.25, -0.2) is 0 Å². The second-order valence-corrected chi connectivity index (χ2v) is 6.87. The highest BCUT2D eigenvalue weighted by atomic mass is 35.5. The van der Waals surface area contributed by atoms with Crippen LogP contribution in [0.5, 0.6) is 0 Å². The maximum absolute atomic E-state index is 12.0. The van der Waals surface area contributed by atoms with Crippen LogP contribution in [0.4, 0.5) is 0 Å². The Morgan fingerprint density at radius 1 is 1.00 bits per heavy atom. The largest absolute Gasteiger partial charge is 0.296 e. The lowest BCUT2D eigenvalue weighted by molar-refractivity contribution is 0.312. The number of aryl methyl sites for hydroxylation is 2. The second-order valence-electron chi connectivity index (χ2n) is 4.82. The summed E-state index contributed by atoms with van der Waals surface area (Å²) in [4.78, 5) is 0.194. The van der Waals surface area contributed by atoms with Crippen LogP contribution in [0.25, 0.3) is 0 Å². The van der Waals surface area contributed by atoms with Crippen LogP contribution in [-0.2, 0) is 20.7 Å². The molecule has 0 aromatic heterocycles. The highest BCUT2D eigenvalue weighted by Gasteiger charge is 2.14. The van der Waals surface area contributed by atoms with Crippen LogP contribution in [0.1, 0.15) is 17.5 Å². The molecule has 2 aromatic carbocycles. The Bertz CT molecular complexity index is 676. The van der Waals surface area contributed by atoms with Gasteiger partial charge in [-0.3, -0.25) is 4.18 Å². The van der Waals surface area contributed by atoms with Crippen LogP contribution in [0.15, 0.2) is 53.4 Å². The van der Waals surface area contributed by atoms with Crippen molar-refractivity contribution in [3.63, 3.8) is 0 Å². The Labute approximate surface area is 130 Å². The zero-order valence-corrected chi connectivity index (χ0v) is 13.3. The van der Waals surface area contributed by atoms with E-state index in [1.807, 2.05) is 31.2 Å². The lowest BCUT2D eigenvalue weighted by atomic mass is 10.1. The lowest BCUT2D eigenvalue weighted by Crippen LogP contribution is -2.08. The normalized spacial score (nSPS) is 11.5. The smallest absolute Gasteiger partial charge is 0.266 e. The molecule has 0 aliphatic rings. The van der Waals surface area contributed by atoms with Crippen LogP contribution < -0.4 is 0 Å². The molecule has 21 heavy (non-hydrogen) atoms. The molecule has 0 aliphatic carbocycles. The van der Waals surface area contributed by atoms with E-state index in [1.165, 1.54) is 0 Å². The topological polar surface area (TPSA) is 43.4 Å². The van der Waals surface area contributed by atoms with Crippen molar-refractivity contribution in [1.29, 1.82) is 0 Å². The molecule has 2 rings (SSSR count). The molecule has 0 N–H and O–H groups in total. The van der Waals surface area contributed by atoms with Gasteiger partial charge in [-0.05, 0) is 49.6 Å². The third-order valence-electron chi connectivity index (χ3n) is 3.07. The third kappa shape index (κ3) is 4.84. The fraction of sp³-hybridized carbons (Fsp3) is 0.250. The molecule has 3 nitrogen and oxygen atoms in total. The van der Waals surface area contributed by atoms with Gasteiger partial charge in [0.25, 0.3) is 10.1 Å². The van der Waals surface area contributed by atoms with Gasteiger partial charge < -0.3 is 0 Å². The van der Waals surface area contributed by atoms with E-state index in [2.05, 4.69) is 0 Å². The Kier molecular flexibility index (Phi) is 5.39. The van der Waals surface area contributed by atoms with Gasteiger partial charge in [0.15, 0.2) is 0 Å². The van der Waals surface area contributed by atoms with E-state index >= 15 is 0 Å². The van der Waals surface area contributed by atoms with Crippen molar-refractivity contribution in [3.8, 4) is 0 Å². The molecule has 0 atom stereocenters. The summed E-state index contributed by atoms with van der Waals surface area (Å²) in [5.41, 5.74) is 2.12. The maximum Gasteiger partial charge on any atom is 0.296 e. The number of rotatable bonds is 6. The van der Waals surface area contributed by atoms with Crippen LogP contribution in [0.3, 0.4) is 0 Å². The Morgan fingerprint density at radius 3 is 2.24 bits per heavy atom. The summed E-state index contributed by atoms with van der Waals surface area (Å²) < 4.78 is 29.0. The van der Waals surface area contributed by atoms with E-state index in [0.29, 0.717) is 11.4 Å². The molecule has 0 fully saturated rings. The van der Waals surface area contributed by atoms with Crippen molar-refractivity contribution in [2.75, 3.05) is 6.61 Å². The predicted octanol–water partition coefficient (Wildman–Crippen LogP) is 3.99. The number of halogens is 1. The molecule has 0 saturated carbocycles. The van der Waals surface area contributed by atoms with Gasteiger partial charge in [-0.2, -0.15) is 8.42 Å². The molecule has 112 valence electrons. The van der Waals surface area contributed by atoms with Gasteiger partial charge in [0.1, 0.15) is 0 Å². The highest BCUT2D eigenvalue weighted by Crippen LogP contribution is 2.15. The summed E-state index contributed by atoms with van der Waals surface area (Å²) in [5, 5.41) is 0.692. The van der Waals surface area contributed by atoms with Gasteiger partial charge in [0.05, 0.1) is 11.5 Å². The average molecular weight is 325 g/mol. The van der Waals surface area contributed by atoms with Crippen molar-refractivity contribution >= 4 is 21.7 Å². The van der Waals surface area contributed by atoms with Crippen LogP contribution in [-0.4, -0.2) is 15.0 Å². The molecule has 0 radical (unpaired) electrons. The summed E-state index contributed by atoms with van der Waals surface area (Å²) >= 11 is 5.81. The summed E-state index contributed by atoms with van der Waals surface area (Å²) in [6.07, 6.45) is 1.38. The van der Waals surface area contributed by atoms with Crippen molar-refractivity contribution in [2.45, 2.75) is 24.7 Å².